The van der Waals surface area contributed by atoms with Crippen molar-refractivity contribution in [1.82, 2.24) is 5.32 Å². The van der Waals surface area contributed by atoms with Crippen LogP contribution in [0.3, 0.4) is 0 Å². The molecule has 1 heterocycles. The van der Waals surface area contributed by atoms with Crippen LogP contribution in [0.5, 0.6) is 0 Å². The molecule has 5 nitrogen and oxygen atoms in total. The lowest BCUT2D eigenvalue weighted by atomic mass is 10.0. The number of rotatable bonds is 7. The van der Waals surface area contributed by atoms with Gasteiger partial charge < -0.3 is 15.7 Å². The van der Waals surface area contributed by atoms with Crippen molar-refractivity contribution in [2.45, 2.75) is 45.1 Å². The van der Waals surface area contributed by atoms with Crippen molar-refractivity contribution in [3.05, 3.63) is 17.0 Å². The number of anilines is 1. The van der Waals surface area contributed by atoms with Crippen molar-refractivity contribution in [1.29, 1.82) is 0 Å². The van der Waals surface area contributed by atoms with E-state index in [1.54, 1.807) is 19.1 Å². The van der Waals surface area contributed by atoms with E-state index >= 15 is 0 Å². The number of aliphatic hydroxyl groups is 1. The van der Waals surface area contributed by atoms with Gasteiger partial charge in [0, 0.05) is 12.5 Å². The first-order chi connectivity index (χ1) is 9.91. The van der Waals surface area contributed by atoms with Crippen molar-refractivity contribution >= 4 is 28.2 Å². The van der Waals surface area contributed by atoms with Gasteiger partial charge in [0.2, 0.25) is 5.91 Å². The minimum Gasteiger partial charge on any atom is -0.388 e. The molecule has 1 aliphatic carbocycles. The van der Waals surface area contributed by atoms with Gasteiger partial charge in [-0.2, -0.15) is 0 Å². The highest BCUT2D eigenvalue weighted by atomic mass is 32.1. The first kappa shape index (κ1) is 16.0. The predicted molar refractivity (Wildman–Crippen MR) is 83.5 cm³/mol. The highest BCUT2D eigenvalue weighted by Crippen LogP contribution is 2.31. The summed E-state index contributed by atoms with van der Waals surface area (Å²) in [5.74, 6) is -0.0356. The minimum atomic E-state index is -0.884. The molecule has 2 rings (SSSR count). The van der Waals surface area contributed by atoms with Gasteiger partial charge in [-0.25, -0.2) is 0 Å². The van der Waals surface area contributed by atoms with Crippen LogP contribution < -0.4 is 10.6 Å². The maximum atomic E-state index is 12.0. The van der Waals surface area contributed by atoms with Crippen molar-refractivity contribution in [3.63, 3.8) is 0 Å². The van der Waals surface area contributed by atoms with E-state index in [4.69, 9.17) is 0 Å². The van der Waals surface area contributed by atoms with Crippen LogP contribution in [0, 0.1) is 5.92 Å². The molecule has 0 aliphatic heterocycles. The highest BCUT2D eigenvalue weighted by molar-refractivity contribution is 7.18. The molecule has 1 aromatic heterocycles. The number of nitrogens with one attached hydrogen (secondary N) is 2. The van der Waals surface area contributed by atoms with Gasteiger partial charge >= 0.3 is 0 Å². The maximum Gasteiger partial charge on any atom is 0.261 e. The molecule has 1 fully saturated rings. The van der Waals surface area contributed by atoms with E-state index < -0.39 is 5.60 Å². The van der Waals surface area contributed by atoms with Crippen LogP contribution in [-0.2, 0) is 4.79 Å². The van der Waals surface area contributed by atoms with E-state index in [9.17, 15) is 14.7 Å². The Balaban J connectivity index is 1.85. The molecule has 0 spiro atoms. The van der Waals surface area contributed by atoms with Gasteiger partial charge in [-0.3, -0.25) is 9.59 Å². The first-order valence-electron chi connectivity index (χ1n) is 7.32. The molecule has 0 bridgehead atoms. The van der Waals surface area contributed by atoms with E-state index in [-0.39, 0.29) is 24.3 Å². The van der Waals surface area contributed by atoms with Crippen LogP contribution in [-0.4, -0.2) is 29.1 Å². The molecule has 1 aliphatic rings. The van der Waals surface area contributed by atoms with E-state index in [0.29, 0.717) is 16.3 Å². The molecule has 6 heteroatoms. The number of hydrogen-bond donors (Lipinski definition) is 3. The van der Waals surface area contributed by atoms with E-state index in [1.807, 2.05) is 6.92 Å². The lowest BCUT2D eigenvalue weighted by molar-refractivity contribution is -0.117. The smallest absolute Gasteiger partial charge is 0.261 e. The fourth-order valence-corrected chi connectivity index (χ4v) is 2.91. The first-order valence-corrected chi connectivity index (χ1v) is 8.14. The van der Waals surface area contributed by atoms with Gasteiger partial charge in [-0.1, -0.05) is 13.3 Å². The summed E-state index contributed by atoms with van der Waals surface area (Å²) >= 11 is 1.25. The second kappa shape index (κ2) is 6.58. The average molecular weight is 310 g/mol. The zero-order valence-corrected chi connectivity index (χ0v) is 13.3. The Hall–Kier alpha value is -1.40. The standard InChI is InChI=1S/C15H22N2O3S/c1-3-8-15(2,20)9-16-14(19)11-6-7-12(21-11)17-13(18)10-4-5-10/h6-7,10,20H,3-5,8-9H2,1-2H3,(H,16,19)(H,17,18). The number of carbonyl (C=O) groups is 2. The van der Waals surface area contributed by atoms with Crippen LogP contribution in [0.15, 0.2) is 12.1 Å². The van der Waals surface area contributed by atoms with Crippen LogP contribution in [0.1, 0.15) is 49.2 Å². The van der Waals surface area contributed by atoms with E-state index in [0.717, 1.165) is 19.3 Å². The van der Waals surface area contributed by atoms with Crippen molar-refractivity contribution in [2.24, 2.45) is 5.92 Å². The second-order valence-corrected chi connectivity index (χ2v) is 6.94. The van der Waals surface area contributed by atoms with E-state index in [1.165, 1.54) is 11.3 Å². The van der Waals surface area contributed by atoms with Crippen LogP contribution >= 0.6 is 11.3 Å². The Morgan fingerprint density at radius 2 is 2.14 bits per heavy atom. The monoisotopic (exact) mass is 310 g/mol. The third-order valence-electron chi connectivity index (χ3n) is 3.44. The summed E-state index contributed by atoms with van der Waals surface area (Å²) in [5, 5.41) is 16.3. The minimum absolute atomic E-state index is 0.0367. The zero-order chi connectivity index (χ0) is 15.5. The number of hydrogen-bond acceptors (Lipinski definition) is 4. The maximum absolute atomic E-state index is 12.0. The van der Waals surface area contributed by atoms with Crippen LogP contribution in [0.4, 0.5) is 5.00 Å². The summed E-state index contributed by atoms with van der Waals surface area (Å²) in [6.07, 6.45) is 3.41. The lowest BCUT2D eigenvalue weighted by Crippen LogP contribution is -2.40. The molecule has 0 saturated heterocycles. The summed E-state index contributed by atoms with van der Waals surface area (Å²) < 4.78 is 0. The molecule has 21 heavy (non-hydrogen) atoms. The molecule has 1 unspecified atom stereocenters. The third kappa shape index (κ3) is 4.82. The normalized spacial score (nSPS) is 17.1. The van der Waals surface area contributed by atoms with Crippen LogP contribution in [0.2, 0.25) is 0 Å². The van der Waals surface area contributed by atoms with Crippen molar-refractivity contribution in [3.8, 4) is 0 Å². The quantitative estimate of drug-likeness (QED) is 0.723. The lowest BCUT2D eigenvalue weighted by Gasteiger charge is -2.22. The summed E-state index contributed by atoms with van der Waals surface area (Å²) in [6, 6.07) is 3.43. The van der Waals surface area contributed by atoms with Gasteiger partial charge in [0.05, 0.1) is 15.5 Å². The Morgan fingerprint density at radius 1 is 1.43 bits per heavy atom. The van der Waals surface area contributed by atoms with Crippen molar-refractivity contribution < 1.29 is 14.7 Å². The molecular formula is C15H22N2O3S. The van der Waals surface area contributed by atoms with Gasteiger partial charge in [0.1, 0.15) is 0 Å². The number of amides is 2. The highest BCUT2D eigenvalue weighted by Gasteiger charge is 2.30. The SMILES string of the molecule is CCCC(C)(O)CNC(=O)c1ccc(NC(=O)C2CC2)s1. The van der Waals surface area contributed by atoms with Gasteiger partial charge in [0.25, 0.3) is 5.91 Å². The summed E-state index contributed by atoms with van der Waals surface area (Å²) in [7, 11) is 0. The van der Waals surface area contributed by atoms with Gasteiger partial charge in [-0.05, 0) is 38.3 Å². The molecule has 1 aromatic rings. The molecule has 0 aromatic carbocycles. The zero-order valence-electron chi connectivity index (χ0n) is 12.4. The molecule has 1 atom stereocenters. The second-order valence-electron chi connectivity index (χ2n) is 5.86. The van der Waals surface area contributed by atoms with Crippen LogP contribution in [0.25, 0.3) is 0 Å². The molecule has 1 saturated carbocycles. The fraction of sp³-hybridized carbons (Fsp3) is 0.600. The average Bonchev–Trinajstić information content (AvgIpc) is 3.17. The largest absolute Gasteiger partial charge is 0.388 e. The molecule has 2 amide bonds. The molecular weight excluding hydrogens is 288 g/mol. The Morgan fingerprint density at radius 3 is 2.76 bits per heavy atom. The van der Waals surface area contributed by atoms with Gasteiger partial charge in [-0.15, -0.1) is 11.3 Å². The third-order valence-corrected chi connectivity index (χ3v) is 4.44. The molecule has 0 radical (unpaired) electrons. The predicted octanol–water partition coefficient (Wildman–Crippen LogP) is 2.38. The number of carbonyl (C=O) groups excluding carboxylic acids is 2. The Kier molecular flexibility index (Phi) is 5.00. The topological polar surface area (TPSA) is 78.4 Å². The summed E-state index contributed by atoms with van der Waals surface area (Å²) in [5.41, 5.74) is -0.884. The van der Waals surface area contributed by atoms with E-state index in [2.05, 4.69) is 10.6 Å². The van der Waals surface area contributed by atoms with Crippen molar-refractivity contribution in [2.75, 3.05) is 11.9 Å². The number of thiophene rings is 1. The summed E-state index contributed by atoms with van der Waals surface area (Å²) in [4.78, 5) is 24.2. The fourth-order valence-electron chi connectivity index (χ4n) is 2.08. The Labute approximate surface area is 128 Å². The molecule has 116 valence electrons. The van der Waals surface area contributed by atoms with Gasteiger partial charge in [0.15, 0.2) is 0 Å². The molecule has 3 N–H and O–H groups in total. The summed E-state index contributed by atoms with van der Waals surface area (Å²) in [6.45, 7) is 3.93. The Bertz CT molecular complexity index is 521.